The second-order valence-corrected chi connectivity index (χ2v) is 19.5. The summed E-state index contributed by atoms with van der Waals surface area (Å²) >= 11 is 0. The number of fused-ring (bicyclic) bond motifs is 3. The number of allylic oxidation sites excluding steroid dienone is 1. The van der Waals surface area contributed by atoms with E-state index in [1.807, 2.05) is 30.3 Å². The lowest BCUT2D eigenvalue weighted by Gasteiger charge is -2.71. The summed E-state index contributed by atoms with van der Waals surface area (Å²) in [6.07, 6.45) is 8.97. The summed E-state index contributed by atoms with van der Waals surface area (Å²) in [5, 5.41) is 0. The van der Waals surface area contributed by atoms with E-state index in [9.17, 15) is 13.2 Å². The van der Waals surface area contributed by atoms with E-state index in [4.69, 9.17) is 23.1 Å². The molecule has 2 bridgehead atoms. The molecule has 0 N–H and O–H groups in total. The molecule has 4 aliphatic carbocycles. The van der Waals surface area contributed by atoms with Crippen molar-refractivity contribution in [1.29, 1.82) is 0 Å². The molecule has 0 radical (unpaired) electrons. The maximum Gasteiger partial charge on any atom is 0.310 e. The van der Waals surface area contributed by atoms with Crippen LogP contribution in [-0.2, 0) is 44.7 Å². The fourth-order valence-electron chi connectivity index (χ4n) is 12.2. The van der Waals surface area contributed by atoms with Gasteiger partial charge in [0.15, 0.2) is 0 Å². The van der Waals surface area contributed by atoms with Crippen molar-refractivity contribution in [3.05, 3.63) is 47.5 Å². The minimum absolute atomic E-state index is 0.0219. The molecule has 1 heterocycles. The first-order valence-electron chi connectivity index (χ1n) is 18.9. The standard InChI is InChI=1S/C41H62O8S/c1-27(2)28(3)37(4)19-20-39(6)30-15-16-33-38(5)25-46-26-41(33,23-32(45-8)35(38)47-21-22-49-50(9,43)44)31(30)17-18-40(39,7)34(37)36(42)48-24-29-13-11-10-12-14-29/h10-14,17,27-28,30,32-35H,15-16,18-26H2,1-9H3/t28-,30+,32-,33+,34-,35+,37-,38-,39-,40+,41+/m1/s1. The van der Waals surface area contributed by atoms with Gasteiger partial charge in [0, 0.05) is 17.9 Å². The number of carbonyl (C=O) groups excluding carboxylic acids is 1. The van der Waals surface area contributed by atoms with Gasteiger partial charge in [0.05, 0.1) is 50.8 Å². The van der Waals surface area contributed by atoms with Gasteiger partial charge in [-0.1, -0.05) is 90.4 Å². The van der Waals surface area contributed by atoms with Gasteiger partial charge >= 0.3 is 5.97 Å². The molecule has 11 atom stereocenters. The van der Waals surface area contributed by atoms with Gasteiger partial charge in [0.2, 0.25) is 0 Å². The Morgan fingerprint density at radius 3 is 2.36 bits per heavy atom. The summed E-state index contributed by atoms with van der Waals surface area (Å²) in [6, 6.07) is 10.0. The third-order valence-corrected chi connectivity index (χ3v) is 15.9. The summed E-state index contributed by atoms with van der Waals surface area (Å²) in [5.41, 5.74) is 1.46. The number of hydrogen-bond acceptors (Lipinski definition) is 8. The van der Waals surface area contributed by atoms with Gasteiger partial charge in [0.1, 0.15) is 6.61 Å². The molecule has 3 saturated carbocycles. The third kappa shape index (κ3) is 6.03. The van der Waals surface area contributed by atoms with E-state index in [0.717, 1.165) is 50.3 Å². The first kappa shape index (κ1) is 38.0. The monoisotopic (exact) mass is 714 g/mol. The Balaban J connectivity index is 1.35. The van der Waals surface area contributed by atoms with Gasteiger partial charge in [-0.15, -0.1) is 0 Å². The number of rotatable bonds is 11. The van der Waals surface area contributed by atoms with Crippen LogP contribution in [0.5, 0.6) is 0 Å². The Labute approximate surface area is 301 Å². The van der Waals surface area contributed by atoms with Crippen molar-refractivity contribution in [1.82, 2.24) is 0 Å². The number of benzene rings is 1. The fourth-order valence-corrected chi connectivity index (χ4v) is 12.6. The Morgan fingerprint density at radius 1 is 0.980 bits per heavy atom. The molecule has 0 spiro atoms. The molecular weight excluding hydrogens is 653 g/mol. The van der Waals surface area contributed by atoms with Gasteiger partial charge in [0.25, 0.3) is 10.1 Å². The average molecular weight is 715 g/mol. The molecule has 8 nitrogen and oxygen atoms in total. The first-order valence-corrected chi connectivity index (χ1v) is 20.8. The Hall–Kier alpha value is -1.78. The Morgan fingerprint density at radius 2 is 1.70 bits per heavy atom. The van der Waals surface area contributed by atoms with Gasteiger partial charge < -0.3 is 18.9 Å². The van der Waals surface area contributed by atoms with Gasteiger partial charge in [-0.25, -0.2) is 0 Å². The van der Waals surface area contributed by atoms with Crippen molar-refractivity contribution >= 4 is 16.1 Å². The van der Waals surface area contributed by atoms with Crippen molar-refractivity contribution < 1.29 is 36.3 Å². The molecule has 1 saturated heterocycles. The van der Waals surface area contributed by atoms with Crippen LogP contribution in [0.3, 0.4) is 0 Å². The SMILES string of the molecule is CO[C@@H]1C[C@@]23COC[C@](C)([C@@H]2CC[C@H]2C3=CC[C@@]3(C)[C@H](C(=O)OCc4ccccc4)[C@@](C)([C@H](C)C(C)C)CC[C@]23C)[C@H]1OCCOS(C)(=O)=O. The number of ether oxygens (including phenoxy) is 4. The van der Waals surface area contributed by atoms with Crippen LogP contribution in [0.4, 0.5) is 0 Å². The summed E-state index contributed by atoms with van der Waals surface area (Å²) < 4.78 is 53.8. The smallest absolute Gasteiger partial charge is 0.310 e. The van der Waals surface area contributed by atoms with Crippen LogP contribution >= 0.6 is 0 Å². The van der Waals surface area contributed by atoms with E-state index < -0.39 is 10.1 Å². The lowest BCUT2D eigenvalue weighted by Crippen LogP contribution is -2.70. The summed E-state index contributed by atoms with van der Waals surface area (Å²) in [7, 11) is -1.78. The van der Waals surface area contributed by atoms with Crippen LogP contribution in [0.25, 0.3) is 0 Å². The molecule has 1 aromatic rings. The molecule has 1 aliphatic heterocycles. The maximum absolute atomic E-state index is 14.7. The molecule has 5 aliphatic rings. The zero-order chi connectivity index (χ0) is 36.3. The number of hydrogen-bond donors (Lipinski definition) is 0. The highest BCUT2D eigenvalue weighted by atomic mass is 32.2. The lowest BCUT2D eigenvalue weighted by molar-refractivity contribution is -0.267. The normalized spacial score (nSPS) is 41.7. The predicted molar refractivity (Wildman–Crippen MR) is 194 cm³/mol. The highest BCUT2D eigenvalue weighted by Crippen LogP contribution is 2.75. The van der Waals surface area contributed by atoms with Crippen LogP contribution in [-0.4, -0.2) is 66.4 Å². The molecule has 4 fully saturated rings. The highest BCUT2D eigenvalue weighted by Gasteiger charge is 2.72. The molecule has 6 rings (SSSR count). The van der Waals surface area contributed by atoms with Crippen LogP contribution < -0.4 is 0 Å². The van der Waals surface area contributed by atoms with Crippen LogP contribution in [0.15, 0.2) is 42.0 Å². The number of carbonyl (C=O) groups is 1. The van der Waals surface area contributed by atoms with E-state index >= 15 is 0 Å². The maximum atomic E-state index is 14.7. The van der Waals surface area contributed by atoms with E-state index in [-0.39, 0.29) is 64.4 Å². The Bertz CT molecular complexity index is 1540. The number of methoxy groups -OCH3 is 1. The molecule has 280 valence electrons. The molecule has 0 aromatic heterocycles. The van der Waals surface area contributed by atoms with Crippen molar-refractivity contribution in [2.45, 2.75) is 106 Å². The zero-order valence-corrected chi connectivity index (χ0v) is 32.8. The largest absolute Gasteiger partial charge is 0.461 e. The summed E-state index contributed by atoms with van der Waals surface area (Å²) in [6.45, 7) is 18.2. The van der Waals surface area contributed by atoms with Crippen LogP contribution in [0, 0.1) is 56.7 Å². The van der Waals surface area contributed by atoms with E-state index in [0.29, 0.717) is 43.5 Å². The quantitative estimate of drug-likeness (QED) is 0.100. The minimum Gasteiger partial charge on any atom is -0.461 e. The fraction of sp³-hybridized carbons (Fsp3) is 0.780. The Kier molecular flexibility index (Phi) is 10.3. The predicted octanol–water partition coefficient (Wildman–Crippen LogP) is 7.61. The lowest BCUT2D eigenvalue weighted by atomic mass is 9.34. The van der Waals surface area contributed by atoms with Crippen LogP contribution in [0.2, 0.25) is 0 Å². The van der Waals surface area contributed by atoms with Crippen molar-refractivity contribution in [3.8, 4) is 0 Å². The molecule has 9 heteroatoms. The zero-order valence-electron chi connectivity index (χ0n) is 32.0. The van der Waals surface area contributed by atoms with E-state index in [1.54, 1.807) is 7.11 Å². The average Bonchev–Trinajstić information content (AvgIpc) is 3.06. The molecule has 50 heavy (non-hydrogen) atoms. The highest BCUT2D eigenvalue weighted by molar-refractivity contribution is 7.85. The molecule has 0 amide bonds. The summed E-state index contributed by atoms with van der Waals surface area (Å²) in [4.78, 5) is 14.7. The minimum atomic E-state index is -3.55. The molecule has 1 aromatic carbocycles. The summed E-state index contributed by atoms with van der Waals surface area (Å²) in [5.74, 6) is 1.18. The molecular formula is C41H62O8S. The first-order chi connectivity index (χ1) is 23.5. The van der Waals surface area contributed by atoms with Crippen molar-refractivity contribution in [3.63, 3.8) is 0 Å². The van der Waals surface area contributed by atoms with E-state index in [2.05, 4.69) is 54.5 Å². The second kappa shape index (κ2) is 13.6. The molecule has 0 unspecified atom stereocenters. The van der Waals surface area contributed by atoms with E-state index in [1.165, 1.54) is 5.57 Å². The number of esters is 1. The van der Waals surface area contributed by atoms with Crippen LogP contribution in [0.1, 0.15) is 92.6 Å². The third-order valence-electron chi connectivity index (χ3n) is 15.3. The van der Waals surface area contributed by atoms with Gasteiger partial charge in [-0.2, -0.15) is 8.42 Å². The van der Waals surface area contributed by atoms with Gasteiger partial charge in [-0.3, -0.25) is 8.98 Å². The van der Waals surface area contributed by atoms with Crippen molar-refractivity contribution in [2.24, 2.45) is 56.7 Å². The van der Waals surface area contributed by atoms with Gasteiger partial charge in [-0.05, 0) is 84.0 Å². The topological polar surface area (TPSA) is 97.4 Å². The van der Waals surface area contributed by atoms with Crippen molar-refractivity contribution in [2.75, 3.05) is 39.8 Å². The second-order valence-electron chi connectivity index (χ2n) is 17.9.